The van der Waals surface area contributed by atoms with Gasteiger partial charge in [0.2, 0.25) is 0 Å². The highest BCUT2D eigenvalue weighted by Gasteiger charge is 2.37. The second-order valence-electron chi connectivity index (χ2n) is 5.14. The van der Waals surface area contributed by atoms with Gasteiger partial charge in [-0.3, -0.25) is 9.59 Å². The molecule has 2 unspecified atom stereocenters. The SMILES string of the molecule is CCCCCC(N)(CCC(C)(N)C(=O)O)C(=O)O. The molecule has 0 spiro atoms. The summed E-state index contributed by atoms with van der Waals surface area (Å²) in [6, 6.07) is 0. The van der Waals surface area contributed by atoms with Crippen LogP contribution in [-0.2, 0) is 9.59 Å². The fraction of sp³-hybridized carbons (Fsp3) is 0.833. The van der Waals surface area contributed by atoms with Crippen LogP contribution in [-0.4, -0.2) is 33.2 Å². The molecule has 0 bridgehead atoms. The Morgan fingerprint density at radius 3 is 1.94 bits per heavy atom. The second-order valence-corrected chi connectivity index (χ2v) is 5.14. The van der Waals surface area contributed by atoms with E-state index in [1.54, 1.807) is 0 Å². The molecule has 0 rings (SSSR count). The van der Waals surface area contributed by atoms with Crippen LogP contribution in [0.5, 0.6) is 0 Å². The van der Waals surface area contributed by atoms with Gasteiger partial charge in [-0.15, -0.1) is 0 Å². The largest absolute Gasteiger partial charge is 0.480 e. The lowest BCUT2D eigenvalue weighted by Gasteiger charge is -2.28. The first-order valence-corrected chi connectivity index (χ1v) is 6.20. The van der Waals surface area contributed by atoms with Crippen molar-refractivity contribution in [2.24, 2.45) is 11.5 Å². The molecule has 0 aliphatic carbocycles. The maximum Gasteiger partial charge on any atom is 0.323 e. The molecular weight excluding hydrogens is 236 g/mol. The van der Waals surface area contributed by atoms with Crippen molar-refractivity contribution >= 4 is 11.9 Å². The summed E-state index contributed by atoms with van der Waals surface area (Å²) in [6.07, 6.45) is 3.03. The summed E-state index contributed by atoms with van der Waals surface area (Å²) in [6.45, 7) is 3.38. The Kier molecular flexibility index (Phi) is 6.28. The predicted molar refractivity (Wildman–Crippen MR) is 68.2 cm³/mol. The van der Waals surface area contributed by atoms with Crippen LogP contribution >= 0.6 is 0 Å². The molecule has 106 valence electrons. The number of carboxylic acids is 2. The molecule has 0 aliphatic rings. The van der Waals surface area contributed by atoms with Gasteiger partial charge in [0.1, 0.15) is 11.1 Å². The Morgan fingerprint density at radius 2 is 1.56 bits per heavy atom. The summed E-state index contributed by atoms with van der Waals surface area (Å²) >= 11 is 0. The highest BCUT2D eigenvalue weighted by Crippen LogP contribution is 2.22. The number of rotatable bonds is 9. The molecule has 0 saturated carbocycles. The van der Waals surface area contributed by atoms with Crippen molar-refractivity contribution in [1.82, 2.24) is 0 Å². The van der Waals surface area contributed by atoms with E-state index in [-0.39, 0.29) is 12.8 Å². The molecule has 0 heterocycles. The average molecular weight is 260 g/mol. The van der Waals surface area contributed by atoms with Crippen molar-refractivity contribution in [3.05, 3.63) is 0 Å². The normalized spacial score (nSPS) is 17.8. The van der Waals surface area contributed by atoms with E-state index in [2.05, 4.69) is 0 Å². The zero-order valence-corrected chi connectivity index (χ0v) is 11.1. The van der Waals surface area contributed by atoms with Crippen molar-refractivity contribution in [3.8, 4) is 0 Å². The first-order chi connectivity index (χ1) is 8.15. The molecule has 0 saturated heterocycles. The third-order valence-electron chi connectivity index (χ3n) is 3.23. The van der Waals surface area contributed by atoms with E-state index in [4.69, 9.17) is 21.7 Å². The first-order valence-electron chi connectivity index (χ1n) is 6.20. The molecule has 6 nitrogen and oxygen atoms in total. The van der Waals surface area contributed by atoms with Crippen molar-refractivity contribution < 1.29 is 19.8 Å². The molecule has 0 aromatic carbocycles. The van der Waals surface area contributed by atoms with Crippen molar-refractivity contribution in [2.75, 3.05) is 0 Å². The van der Waals surface area contributed by atoms with Crippen LogP contribution in [0, 0.1) is 0 Å². The fourth-order valence-corrected chi connectivity index (χ4v) is 1.62. The smallest absolute Gasteiger partial charge is 0.323 e. The van der Waals surface area contributed by atoms with Gasteiger partial charge < -0.3 is 21.7 Å². The minimum Gasteiger partial charge on any atom is -0.480 e. The summed E-state index contributed by atoms with van der Waals surface area (Å²) in [5.41, 5.74) is 8.59. The highest BCUT2D eigenvalue weighted by molar-refractivity contribution is 5.80. The Morgan fingerprint density at radius 1 is 1.00 bits per heavy atom. The molecule has 6 heteroatoms. The topological polar surface area (TPSA) is 127 Å². The quantitative estimate of drug-likeness (QED) is 0.457. The van der Waals surface area contributed by atoms with Crippen molar-refractivity contribution in [2.45, 2.75) is 63.5 Å². The Labute approximate surface area is 107 Å². The maximum absolute atomic E-state index is 11.2. The molecule has 0 radical (unpaired) electrons. The third kappa shape index (κ3) is 5.01. The van der Waals surface area contributed by atoms with Gasteiger partial charge in [0.05, 0.1) is 0 Å². The first kappa shape index (κ1) is 16.9. The molecule has 0 fully saturated rings. The standard InChI is InChI=1S/C12H24N2O4/c1-3-4-5-6-12(14,10(17)18)8-7-11(2,13)9(15)16/h3-8,13-14H2,1-2H3,(H,15,16)(H,17,18). The van der Waals surface area contributed by atoms with Gasteiger partial charge in [-0.25, -0.2) is 0 Å². The van der Waals surface area contributed by atoms with E-state index in [1.807, 2.05) is 6.92 Å². The van der Waals surface area contributed by atoms with E-state index in [1.165, 1.54) is 6.92 Å². The molecule has 0 aromatic heterocycles. The monoisotopic (exact) mass is 260 g/mol. The molecule has 0 aliphatic heterocycles. The van der Waals surface area contributed by atoms with Gasteiger partial charge in [-0.05, 0) is 26.2 Å². The molecule has 0 aromatic rings. The highest BCUT2D eigenvalue weighted by atomic mass is 16.4. The number of hydrogen-bond acceptors (Lipinski definition) is 4. The maximum atomic E-state index is 11.2. The van der Waals surface area contributed by atoms with E-state index in [0.29, 0.717) is 12.8 Å². The minimum atomic E-state index is -1.44. The third-order valence-corrected chi connectivity index (χ3v) is 3.23. The lowest BCUT2D eigenvalue weighted by Crippen LogP contribution is -2.52. The summed E-state index contributed by atoms with van der Waals surface area (Å²) in [4.78, 5) is 22.0. The Bertz CT molecular complexity index is 304. The van der Waals surface area contributed by atoms with E-state index in [0.717, 1.165) is 12.8 Å². The number of hydrogen-bond donors (Lipinski definition) is 4. The fourth-order valence-electron chi connectivity index (χ4n) is 1.62. The minimum absolute atomic E-state index is 0.0389. The van der Waals surface area contributed by atoms with Crippen LogP contribution < -0.4 is 11.5 Å². The van der Waals surface area contributed by atoms with Gasteiger partial charge in [0, 0.05) is 0 Å². The number of carbonyl (C=O) groups is 2. The van der Waals surface area contributed by atoms with E-state index in [9.17, 15) is 9.59 Å². The summed E-state index contributed by atoms with van der Waals surface area (Å²) in [5.74, 6) is -2.25. The number of unbranched alkanes of at least 4 members (excludes halogenated alkanes) is 2. The zero-order chi connectivity index (χ0) is 14.4. The molecule has 18 heavy (non-hydrogen) atoms. The van der Waals surface area contributed by atoms with Crippen LogP contribution in [0.15, 0.2) is 0 Å². The number of carboxylic acid groups (broad SMARTS) is 2. The van der Waals surface area contributed by atoms with E-state index < -0.39 is 23.0 Å². The summed E-state index contributed by atoms with van der Waals surface area (Å²) in [7, 11) is 0. The van der Waals surface area contributed by atoms with Gasteiger partial charge in [0.15, 0.2) is 0 Å². The lowest BCUT2D eigenvalue weighted by atomic mass is 9.83. The van der Waals surface area contributed by atoms with Crippen LogP contribution in [0.1, 0.15) is 52.4 Å². The van der Waals surface area contributed by atoms with Crippen molar-refractivity contribution in [3.63, 3.8) is 0 Å². The predicted octanol–water partition coefficient (Wildman–Crippen LogP) is 0.931. The molecule has 2 atom stereocenters. The van der Waals surface area contributed by atoms with Gasteiger partial charge in [-0.1, -0.05) is 26.2 Å². The Balaban J connectivity index is 4.53. The van der Waals surface area contributed by atoms with Crippen LogP contribution in [0.25, 0.3) is 0 Å². The number of aliphatic carboxylic acids is 2. The Hall–Kier alpha value is -1.14. The summed E-state index contributed by atoms with van der Waals surface area (Å²) < 4.78 is 0. The second kappa shape index (κ2) is 6.70. The van der Waals surface area contributed by atoms with Crippen LogP contribution in [0.4, 0.5) is 0 Å². The molecule has 6 N–H and O–H groups in total. The van der Waals surface area contributed by atoms with E-state index >= 15 is 0 Å². The van der Waals surface area contributed by atoms with Crippen molar-refractivity contribution in [1.29, 1.82) is 0 Å². The number of nitrogens with two attached hydrogens (primary N) is 2. The van der Waals surface area contributed by atoms with Gasteiger partial charge in [-0.2, -0.15) is 0 Å². The van der Waals surface area contributed by atoms with Gasteiger partial charge in [0.25, 0.3) is 0 Å². The lowest BCUT2D eigenvalue weighted by molar-refractivity contribution is -0.146. The van der Waals surface area contributed by atoms with Crippen LogP contribution in [0.3, 0.4) is 0 Å². The van der Waals surface area contributed by atoms with Crippen LogP contribution in [0.2, 0.25) is 0 Å². The van der Waals surface area contributed by atoms with Gasteiger partial charge >= 0.3 is 11.9 Å². The molecular formula is C12H24N2O4. The molecule has 0 amide bonds. The average Bonchev–Trinajstić information content (AvgIpc) is 2.26. The summed E-state index contributed by atoms with van der Waals surface area (Å²) in [5, 5.41) is 18.0. The zero-order valence-electron chi connectivity index (χ0n) is 11.1.